The molecular weight excluding hydrogens is 158 g/mol. The van der Waals surface area contributed by atoms with Crippen LogP contribution in [0.3, 0.4) is 0 Å². The zero-order valence-electron chi connectivity index (χ0n) is 7.54. The number of amides is 1. The predicted octanol–water partition coefficient (Wildman–Crippen LogP) is 0.720. The Morgan fingerprint density at radius 2 is 2.17 bits per heavy atom. The summed E-state index contributed by atoms with van der Waals surface area (Å²) >= 11 is 0. The van der Waals surface area contributed by atoms with Gasteiger partial charge >= 0.3 is 5.97 Å². The van der Waals surface area contributed by atoms with Crippen molar-refractivity contribution >= 4 is 11.9 Å². The summed E-state index contributed by atoms with van der Waals surface area (Å²) in [7, 11) is 1.84. The molecule has 0 atom stereocenters. The lowest BCUT2D eigenvalue weighted by atomic mass is 10.4. The van der Waals surface area contributed by atoms with Gasteiger partial charge in [-0.25, -0.2) is 0 Å². The Labute approximate surface area is 72.2 Å². The number of hydrogen-bond acceptors (Lipinski definition) is 2. The summed E-state index contributed by atoms with van der Waals surface area (Å²) in [6, 6.07) is 0. The van der Waals surface area contributed by atoms with Crippen LogP contribution in [0.25, 0.3) is 0 Å². The molecule has 0 bridgehead atoms. The van der Waals surface area contributed by atoms with Gasteiger partial charge in [0.25, 0.3) is 0 Å². The Morgan fingerprint density at radius 3 is 2.25 bits per heavy atom. The highest BCUT2D eigenvalue weighted by atomic mass is 16.4. The van der Waals surface area contributed by atoms with E-state index in [1.165, 1.54) is 0 Å². The summed E-state index contributed by atoms with van der Waals surface area (Å²) in [5, 5.41) is 7.72. The molecule has 1 amide bonds. The minimum Gasteiger partial charge on any atom is -0.481 e. The molecule has 1 rings (SSSR count). The van der Waals surface area contributed by atoms with Crippen molar-refractivity contribution in [1.29, 1.82) is 0 Å². The number of carboxylic acids is 1. The molecule has 1 N–H and O–H groups in total. The number of hydrogen-bond donors (Lipinski definition) is 1. The van der Waals surface area contributed by atoms with Crippen LogP contribution in [0.1, 0.15) is 26.2 Å². The smallest absolute Gasteiger partial charge is 0.303 e. The van der Waals surface area contributed by atoms with Crippen LogP contribution < -0.4 is 0 Å². The summed E-state index contributed by atoms with van der Waals surface area (Å²) < 4.78 is 0. The highest BCUT2D eigenvalue weighted by Crippen LogP contribution is 2.04. The molecule has 0 saturated carbocycles. The van der Waals surface area contributed by atoms with Crippen molar-refractivity contribution in [1.82, 2.24) is 4.90 Å². The Bertz CT molecular complexity index is 168. The number of aliphatic carboxylic acids is 1. The molecule has 0 aromatic rings. The van der Waals surface area contributed by atoms with Crippen LogP contribution in [0, 0.1) is 0 Å². The number of carbonyl (C=O) groups excluding carboxylic acids is 1. The van der Waals surface area contributed by atoms with E-state index in [1.54, 1.807) is 11.8 Å². The van der Waals surface area contributed by atoms with Crippen molar-refractivity contribution in [3.8, 4) is 0 Å². The van der Waals surface area contributed by atoms with Gasteiger partial charge in [-0.1, -0.05) is 6.92 Å². The normalized spacial score (nSPS) is 15.5. The molecule has 1 saturated heterocycles. The minimum absolute atomic E-state index is 0.222. The first-order valence-corrected chi connectivity index (χ1v) is 4.03. The molecular formula is C8H15NO3. The lowest BCUT2D eigenvalue weighted by Gasteiger charge is -2.03. The predicted molar refractivity (Wildman–Crippen MR) is 44.8 cm³/mol. The Morgan fingerprint density at radius 1 is 1.67 bits per heavy atom. The molecule has 0 aliphatic carbocycles. The number of likely N-dealkylation sites (tertiary alicyclic amines) is 1. The van der Waals surface area contributed by atoms with E-state index in [0.29, 0.717) is 5.91 Å². The van der Waals surface area contributed by atoms with Gasteiger partial charge in [-0.05, 0) is 6.42 Å². The van der Waals surface area contributed by atoms with Crippen LogP contribution >= 0.6 is 0 Å². The minimum atomic E-state index is -0.745. The van der Waals surface area contributed by atoms with Crippen molar-refractivity contribution in [2.45, 2.75) is 26.2 Å². The number of carbonyl (C=O) groups is 2. The van der Waals surface area contributed by atoms with Crippen molar-refractivity contribution in [2.75, 3.05) is 13.6 Å². The molecule has 0 radical (unpaired) electrons. The molecule has 0 aromatic carbocycles. The fraction of sp³-hybridized carbons (Fsp3) is 0.750. The second-order valence-corrected chi connectivity index (χ2v) is 2.67. The third kappa shape index (κ3) is 4.71. The summed E-state index contributed by atoms with van der Waals surface area (Å²) in [5.41, 5.74) is 0. The maximum atomic E-state index is 10.5. The number of nitrogens with zero attached hydrogens (tertiary/aromatic N) is 1. The van der Waals surface area contributed by atoms with E-state index in [0.717, 1.165) is 19.4 Å². The van der Waals surface area contributed by atoms with Gasteiger partial charge in [0.15, 0.2) is 0 Å². The van der Waals surface area contributed by atoms with Crippen LogP contribution in [0.15, 0.2) is 0 Å². The van der Waals surface area contributed by atoms with Gasteiger partial charge in [-0.2, -0.15) is 0 Å². The summed E-state index contributed by atoms with van der Waals surface area (Å²) in [4.78, 5) is 21.6. The van der Waals surface area contributed by atoms with Gasteiger partial charge in [0, 0.05) is 26.4 Å². The molecule has 0 unspecified atom stereocenters. The number of rotatable bonds is 1. The Balaban J connectivity index is 0.000000217. The lowest BCUT2D eigenvalue weighted by Crippen LogP contribution is -2.17. The van der Waals surface area contributed by atoms with Crippen molar-refractivity contribution in [3.05, 3.63) is 0 Å². The average Bonchev–Trinajstić information content (AvgIpc) is 2.37. The van der Waals surface area contributed by atoms with Gasteiger partial charge < -0.3 is 10.0 Å². The van der Waals surface area contributed by atoms with Crippen LogP contribution in [-0.4, -0.2) is 35.5 Å². The van der Waals surface area contributed by atoms with Crippen LogP contribution in [0.2, 0.25) is 0 Å². The van der Waals surface area contributed by atoms with Crippen molar-refractivity contribution < 1.29 is 14.7 Å². The third-order valence-corrected chi connectivity index (χ3v) is 1.61. The Kier molecular flexibility index (Phi) is 5.08. The third-order valence-electron chi connectivity index (χ3n) is 1.61. The highest BCUT2D eigenvalue weighted by Gasteiger charge is 2.14. The lowest BCUT2D eigenvalue weighted by molar-refractivity contribution is -0.136. The first kappa shape index (κ1) is 10.9. The first-order chi connectivity index (χ1) is 5.57. The molecule has 0 spiro atoms. The van der Waals surface area contributed by atoms with Crippen LogP contribution in [0.4, 0.5) is 0 Å². The summed E-state index contributed by atoms with van der Waals surface area (Å²) in [5.74, 6) is -0.454. The van der Waals surface area contributed by atoms with Gasteiger partial charge in [0.05, 0.1) is 0 Å². The number of carboxylic acid groups (broad SMARTS) is 1. The fourth-order valence-corrected chi connectivity index (χ4v) is 0.783. The summed E-state index contributed by atoms with van der Waals surface area (Å²) in [6.07, 6.45) is 2.03. The monoisotopic (exact) mass is 173 g/mol. The molecule has 1 aliphatic heterocycles. The van der Waals surface area contributed by atoms with Crippen LogP contribution in [0.5, 0.6) is 0 Å². The first-order valence-electron chi connectivity index (χ1n) is 4.03. The van der Waals surface area contributed by atoms with Crippen LogP contribution in [-0.2, 0) is 9.59 Å². The second-order valence-electron chi connectivity index (χ2n) is 2.67. The zero-order chi connectivity index (χ0) is 9.56. The highest BCUT2D eigenvalue weighted by molar-refractivity contribution is 5.77. The van der Waals surface area contributed by atoms with Gasteiger partial charge in [-0.3, -0.25) is 9.59 Å². The van der Waals surface area contributed by atoms with Crippen molar-refractivity contribution in [2.24, 2.45) is 0 Å². The molecule has 1 heterocycles. The molecule has 1 fully saturated rings. The second kappa shape index (κ2) is 5.57. The molecule has 0 aromatic heterocycles. The van der Waals surface area contributed by atoms with Crippen molar-refractivity contribution in [3.63, 3.8) is 0 Å². The molecule has 12 heavy (non-hydrogen) atoms. The van der Waals surface area contributed by atoms with E-state index in [9.17, 15) is 9.59 Å². The van der Waals surface area contributed by atoms with E-state index in [2.05, 4.69) is 0 Å². The van der Waals surface area contributed by atoms with E-state index in [4.69, 9.17) is 5.11 Å². The summed E-state index contributed by atoms with van der Waals surface area (Å²) in [6.45, 7) is 2.56. The molecule has 70 valence electrons. The SMILES string of the molecule is CCC(=O)O.CN1CCCC1=O. The standard InChI is InChI=1S/C5H9NO.C3H6O2/c1-6-4-2-3-5(6)7;1-2-3(4)5/h2-4H2,1H3;2H2,1H3,(H,4,5). The van der Waals surface area contributed by atoms with Gasteiger partial charge in [0.1, 0.15) is 0 Å². The maximum Gasteiger partial charge on any atom is 0.303 e. The van der Waals surface area contributed by atoms with Gasteiger partial charge in [-0.15, -0.1) is 0 Å². The van der Waals surface area contributed by atoms with E-state index >= 15 is 0 Å². The van der Waals surface area contributed by atoms with Gasteiger partial charge in [0.2, 0.25) is 5.91 Å². The van der Waals surface area contributed by atoms with E-state index in [1.807, 2.05) is 7.05 Å². The molecule has 4 heteroatoms. The molecule has 1 aliphatic rings. The van der Waals surface area contributed by atoms with E-state index in [-0.39, 0.29) is 6.42 Å². The quantitative estimate of drug-likeness (QED) is 0.635. The Hall–Kier alpha value is -1.06. The fourth-order valence-electron chi connectivity index (χ4n) is 0.783. The average molecular weight is 173 g/mol. The topological polar surface area (TPSA) is 57.6 Å². The maximum absolute atomic E-state index is 10.5. The largest absolute Gasteiger partial charge is 0.481 e. The molecule has 4 nitrogen and oxygen atoms in total. The zero-order valence-corrected chi connectivity index (χ0v) is 7.54. The van der Waals surface area contributed by atoms with E-state index < -0.39 is 5.97 Å².